The molecule has 0 atom stereocenters. The molecule has 0 radical (unpaired) electrons. The fraction of sp³-hybridized carbons (Fsp3) is 0.0732. The number of rotatable bonds is 3. The van der Waals surface area contributed by atoms with Gasteiger partial charge in [-0.15, -0.1) is 0 Å². The molecule has 0 amide bonds. The predicted octanol–water partition coefficient (Wildman–Crippen LogP) is 9.40. The lowest BCUT2D eigenvalue weighted by atomic mass is 9.82. The van der Waals surface area contributed by atoms with Gasteiger partial charge in [-0.2, -0.15) is 0 Å². The molecular formula is C41H29NO4S2. The molecule has 1 aliphatic heterocycles. The second kappa shape index (κ2) is 9.89. The maximum Gasteiger partial charge on any atom is 0.209 e. The number of aromatic nitrogens is 1. The van der Waals surface area contributed by atoms with Gasteiger partial charge in [0, 0.05) is 27.4 Å². The van der Waals surface area contributed by atoms with Crippen LogP contribution in [0.4, 0.5) is 0 Å². The van der Waals surface area contributed by atoms with E-state index in [1.165, 1.54) is 18.2 Å². The first-order valence-electron chi connectivity index (χ1n) is 15.8. The molecule has 0 spiro atoms. The molecule has 1 aliphatic carbocycles. The lowest BCUT2D eigenvalue weighted by molar-refractivity contribution is 0.570. The van der Waals surface area contributed by atoms with Crippen LogP contribution in [0.2, 0.25) is 0 Å². The van der Waals surface area contributed by atoms with Crippen LogP contribution in [0.25, 0.3) is 55.8 Å². The highest BCUT2D eigenvalue weighted by Crippen LogP contribution is 2.49. The second-order valence-corrected chi connectivity index (χ2v) is 16.8. The van der Waals surface area contributed by atoms with Gasteiger partial charge in [0.25, 0.3) is 0 Å². The van der Waals surface area contributed by atoms with Crippen LogP contribution in [0.5, 0.6) is 0 Å². The van der Waals surface area contributed by atoms with E-state index < -0.39 is 19.7 Å². The molecule has 2 heterocycles. The molecule has 7 aromatic rings. The van der Waals surface area contributed by atoms with E-state index in [-0.39, 0.29) is 25.0 Å². The molecule has 48 heavy (non-hydrogen) atoms. The summed E-state index contributed by atoms with van der Waals surface area (Å²) in [6, 6.07) is 39.8. The number of sulfone groups is 2. The lowest BCUT2D eigenvalue weighted by Gasteiger charge is -2.25. The molecule has 6 aromatic carbocycles. The molecule has 0 unspecified atom stereocenters. The lowest BCUT2D eigenvalue weighted by Crippen LogP contribution is -2.20. The molecular weight excluding hydrogens is 635 g/mol. The van der Waals surface area contributed by atoms with E-state index in [2.05, 4.69) is 85.2 Å². The summed E-state index contributed by atoms with van der Waals surface area (Å²) in [7, 11) is -8.27. The summed E-state index contributed by atoms with van der Waals surface area (Å²) < 4.78 is 58.8. The number of benzene rings is 6. The summed E-state index contributed by atoms with van der Waals surface area (Å²) in [5.41, 5.74) is 7.79. The monoisotopic (exact) mass is 663 g/mol. The standard InChI is InChI=1S/C41H29NO4S2/c1-41(2)22-21-27-24-31(26-19-20-36-33(23-26)29-13-6-7-15-35(29)42(36)28-11-4-3-5-12-28)32(25-34(27)41)30-14-10-18-39-40(30)48(45,46)38-17-9-8-16-37(38)47(39,43)44/h3-25H,1-2H3. The highest BCUT2D eigenvalue weighted by Gasteiger charge is 2.41. The Balaban J connectivity index is 1.36. The van der Waals surface area contributed by atoms with Gasteiger partial charge in [-0.25, -0.2) is 16.8 Å². The molecule has 2 aliphatic rings. The minimum atomic E-state index is -4.18. The number of hydrogen-bond acceptors (Lipinski definition) is 4. The van der Waals surface area contributed by atoms with Crippen molar-refractivity contribution in [3.8, 4) is 27.9 Å². The van der Waals surface area contributed by atoms with Crippen LogP contribution in [0.15, 0.2) is 153 Å². The molecule has 1 aromatic heterocycles. The number of allylic oxidation sites excluding steroid dienone is 1. The summed E-state index contributed by atoms with van der Waals surface area (Å²) >= 11 is 0. The zero-order chi connectivity index (χ0) is 33.0. The summed E-state index contributed by atoms with van der Waals surface area (Å²) in [5, 5.41) is 2.16. The topological polar surface area (TPSA) is 73.2 Å². The van der Waals surface area contributed by atoms with Gasteiger partial charge < -0.3 is 4.57 Å². The van der Waals surface area contributed by atoms with E-state index in [0.29, 0.717) is 11.1 Å². The van der Waals surface area contributed by atoms with Gasteiger partial charge in [-0.1, -0.05) is 92.7 Å². The van der Waals surface area contributed by atoms with Crippen molar-refractivity contribution in [2.75, 3.05) is 0 Å². The van der Waals surface area contributed by atoms with Gasteiger partial charge in [0.05, 0.1) is 30.6 Å². The predicted molar refractivity (Wildman–Crippen MR) is 191 cm³/mol. The first kappa shape index (κ1) is 28.9. The third-order valence-corrected chi connectivity index (χ3v) is 13.8. The quantitative estimate of drug-likeness (QED) is 0.189. The van der Waals surface area contributed by atoms with Crippen molar-refractivity contribution in [2.24, 2.45) is 0 Å². The highest BCUT2D eigenvalue weighted by atomic mass is 32.2. The Labute approximate surface area is 279 Å². The zero-order valence-corrected chi connectivity index (χ0v) is 27.8. The average molecular weight is 664 g/mol. The summed E-state index contributed by atoms with van der Waals surface area (Å²) in [6.07, 6.45) is 4.26. The maximum absolute atomic E-state index is 14.4. The average Bonchev–Trinajstić information content (AvgIpc) is 3.59. The van der Waals surface area contributed by atoms with Gasteiger partial charge in [-0.05, 0) is 88.5 Å². The number of fused-ring (bicyclic) bond motifs is 6. The molecule has 0 N–H and O–H groups in total. The Morgan fingerprint density at radius 1 is 0.542 bits per heavy atom. The van der Waals surface area contributed by atoms with E-state index in [1.807, 2.05) is 30.3 Å². The van der Waals surface area contributed by atoms with E-state index in [9.17, 15) is 16.8 Å². The number of para-hydroxylation sites is 2. The third-order valence-electron chi connectivity index (χ3n) is 9.82. The fourth-order valence-electron chi connectivity index (χ4n) is 7.50. The van der Waals surface area contributed by atoms with Crippen molar-refractivity contribution in [2.45, 2.75) is 38.8 Å². The van der Waals surface area contributed by atoms with E-state index in [4.69, 9.17) is 0 Å². The molecule has 0 fully saturated rings. The smallest absolute Gasteiger partial charge is 0.209 e. The molecule has 9 rings (SSSR count). The Bertz CT molecular complexity index is 2770. The molecule has 5 nitrogen and oxygen atoms in total. The van der Waals surface area contributed by atoms with Crippen molar-refractivity contribution in [3.63, 3.8) is 0 Å². The first-order chi connectivity index (χ1) is 23.1. The van der Waals surface area contributed by atoms with Crippen molar-refractivity contribution >= 4 is 47.6 Å². The van der Waals surface area contributed by atoms with Gasteiger partial charge in [0.2, 0.25) is 19.7 Å². The van der Waals surface area contributed by atoms with Crippen LogP contribution in [-0.4, -0.2) is 21.4 Å². The molecule has 7 heteroatoms. The summed E-state index contributed by atoms with van der Waals surface area (Å²) in [4.78, 5) is -0.737. The van der Waals surface area contributed by atoms with E-state index in [0.717, 1.165) is 49.7 Å². The van der Waals surface area contributed by atoms with Gasteiger partial charge in [-0.3, -0.25) is 0 Å². The molecule has 0 bridgehead atoms. The van der Waals surface area contributed by atoms with Gasteiger partial charge in [0.15, 0.2) is 0 Å². The number of hydrogen-bond donors (Lipinski definition) is 0. The van der Waals surface area contributed by atoms with E-state index in [1.54, 1.807) is 24.3 Å². The maximum atomic E-state index is 14.4. The highest BCUT2D eigenvalue weighted by molar-refractivity contribution is 7.97. The third kappa shape index (κ3) is 3.95. The Hall–Kier alpha value is -5.24. The SMILES string of the molecule is CC1(C)C=Cc2cc(-c3ccc4c(c3)c3ccccc3n4-c3ccccc3)c(-c3cccc4c3S(=O)(=O)c3ccccc3S4(=O)=O)cc21. The molecule has 0 saturated heterocycles. The van der Waals surface area contributed by atoms with Crippen LogP contribution >= 0.6 is 0 Å². The normalized spacial score (nSPS) is 16.5. The number of nitrogens with zero attached hydrogens (tertiary/aromatic N) is 1. The van der Waals surface area contributed by atoms with Crippen molar-refractivity contribution < 1.29 is 16.8 Å². The van der Waals surface area contributed by atoms with Crippen LogP contribution in [0, 0.1) is 0 Å². The largest absolute Gasteiger partial charge is 0.309 e. The minimum absolute atomic E-state index is 0.171. The van der Waals surface area contributed by atoms with Gasteiger partial charge in [0.1, 0.15) is 0 Å². The van der Waals surface area contributed by atoms with Crippen LogP contribution in [0.3, 0.4) is 0 Å². The zero-order valence-electron chi connectivity index (χ0n) is 26.2. The molecule has 234 valence electrons. The molecule has 0 saturated carbocycles. The Kier molecular flexibility index (Phi) is 5.96. The first-order valence-corrected chi connectivity index (χ1v) is 18.7. The van der Waals surface area contributed by atoms with Crippen molar-refractivity contribution in [3.05, 3.63) is 145 Å². The van der Waals surface area contributed by atoms with E-state index >= 15 is 0 Å². The van der Waals surface area contributed by atoms with Crippen molar-refractivity contribution in [1.82, 2.24) is 4.57 Å². The van der Waals surface area contributed by atoms with Crippen LogP contribution < -0.4 is 0 Å². The second-order valence-electron chi connectivity index (χ2n) is 13.0. The summed E-state index contributed by atoms with van der Waals surface area (Å²) in [6.45, 7) is 4.25. The van der Waals surface area contributed by atoms with Crippen molar-refractivity contribution in [1.29, 1.82) is 0 Å². The fourth-order valence-corrected chi connectivity index (χ4v) is 11.9. The summed E-state index contributed by atoms with van der Waals surface area (Å²) in [5.74, 6) is 0. The Morgan fingerprint density at radius 2 is 1.21 bits per heavy atom. The van der Waals surface area contributed by atoms with Gasteiger partial charge >= 0.3 is 0 Å². The van der Waals surface area contributed by atoms with Crippen LogP contribution in [0.1, 0.15) is 25.0 Å². The van der Waals surface area contributed by atoms with Crippen LogP contribution in [-0.2, 0) is 25.1 Å². The minimum Gasteiger partial charge on any atom is -0.309 e. The Morgan fingerprint density at radius 3 is 2.00 bits per heavy atom.